The predicted octanol–water partition coefficient (Wildman–Crippen LogP) is 0.193. The van der Waals surface area contributed by atoms with Crippen LogP contribution in [0.4, 0.5) is 0 Å². The lowest BCUT2D eigenvalue weighted by Crippen LogP contribution is -2.52. The minimum atomic E-state index is -3.53. The number of hydrazine groups is 1. The van der Waals surface area contributed by atoms with E-state index < -0.39 is 10.0 Å². The number of nitriles is 1. The number of nitrogens with one attached hydrogen (secondary N) is 1. The molecule has 1 aliphatic heterocycles. The van der Waals surface area contributed by atoms with E-state index in [0.717, 1.165) is 18.7 Å². The van der Waals surface area contributed by atoms with Gasteiger partial charge in [0.15, 0.2) is 0 Å². The van der Waals surface area contributed by atoms with Gasteiger partial charge in [-0.25, -0.2) is 13.4 Å². The third kappa shape index (κ3) is 3.77. The Morgan fingerprint density at radius 3 is 2.35 bits per heavy atom. The molecule has 0 spiro atoms. The highest BCUT2D eigenvalue weighted by molar-refractivity contribution is 7.89. The Balaban J connectivity index is 2.04. The number of piperazine rings is 1. The van der Waals surface area contributed by atoms with Crippen LogP contribution >= 0.6 is 0 Å². The van der Waals surface area contributed by atoms with E-state index in [9.17, 15) is 8.42 Å². The smallest absolute Gasteiger partial charge is 0.253 e. The van der Waals surface area contributed by atoms with Crippen LogP contribution in [0.15, 0.2) is 29.2 Å². The molecule has 1 aromatic carbocycles. The van der Waals surface area contributed by atoms with Crippen molar-refractivity contribution in [3.63, 3.8) is 0 Å². The number of benzene rings is 1. The summed E-state index contributed by atoms with van der Waals surface area (Å²) >= 11 is 0. The molecule has 1 saturated heterocycles. The van der Waals surface area contributed by atoms with Gasteiger partial charge in [0.25, 0.3) is 10.0 Å². The monoisotopic (exact) mass is 294 g/mol. The van der Waals surface area contributed by atoms with Crippen LogP contribution in [0.25, 0.3) is 0 Å². The van der Waals surface area contributed by atoms with Gasteiger partial charge in [-0.3, -0.25) is 0 Å². The normalized spacial score (nSPS) is 17.8. The molecule has 1 heterocycles. The lowest BCUT2D eigenvalue weighted by atomic mass is 10.2. The summed E-state index contributed by atoms with van der Waals surface area (Å²) < 4.78 is 24.4. The first-order chi connectivity index (χ1) is 9.51. The van der Waals surface area contributed by atoms with E-state index in [4.69, 9.17) is 5.26 Å². The van der Waals surface area contributed by atoms with Crippen molar-refractivity contribution >= 4 is 10.0 Å². The number of hydrogen-bond acceptors (Lipinski definition) is 5. The Hall–Kier alpha value is -1.46. The van der Waals surface area contributed by atoms with Gasteiger partial charge < -0.3 is 4.90 Å². The van der Waals surface area contributed by atoms with Crippen LogP contribution in [-0.4, -0.2) is 51.6 Å². The molecule has 1 N–H and O–H groups in total. The number of sulfonamides is 1. The molecule has 1 aliphatic rings. The molecular weight excluding hydrogens is 276 g/mol. The van der Waals surface area contributed by atoms with Crippen molar-refractivity contribution < 1.29 is 8.42 Å². The first-order valence-electron chi connectivity index (χ1n) is 6.43. The standard InChI is InChI=1S/C13H18N4O2S/c1-16-8-10-17(11-9-16)15-20(18,19)13-4-2-12(3-5-13)6-7-14/h2-5,15H,6,8-11H2,1H3. The third-order valence-electron chi connectivity index (χ3n) is 3.27. The second-order valence-electron chi connectivity index (χ2n) is 4.86. The summed E-state index contributed by atoms with van der Waals surface area (Å²) in [6, 6.07) is 8.44. The maximum Gasteiger partial charge on any atom is 0.253 e. The number of likely N-dealkylation sites (N-methyl/N-ethyl adjacent to an activating group) is 1. The van der Waals surface area contributed by atoms with Gasteiger partial charge in [-0.15, -0.1) is 4.83 Å². The first-order valence-corrected chi connectivity index (χ1v) is 7.91. The quantitative estimate of drug-likeness (QED) is 0.858. The molecule has 0 unspecified atom stereocenters. The minimum absolute atomic E-state index is 0.220. The van der Waals surface area contributed by atoms with E-state index in [2.05, 4.69) is 9.73 Å². The van der Waals surface area contributed by atoms with E-state index in [1.54, 1.807) is 17.1 Å². The lowest BCUT2D eigenvalue weighted by molar-refractivity contribution is 0.135. The molecule has 0 bridgehead atoms. The molecule has 0 atom stereocenters. The molecule has 0 amide bonds. The van der Waals surface area contributed by atoms with Crippen LogP contribution in [0.5, 0.6) is 0 Å². The van der Waals surface area contributed by atoms with Crippen LogP contribution in [0.1, 0.15) is 5.56 Å². The highest BCUT2D eigenvalue weighted by atomic mass is 32.2. The van der Waals surface area contributed by atoms with Crippen molar-refractivity contribution in [2.24, 2.45) is 0 Å². The van der Waals surface area contributed by atoms with Crippen molar-refractivity contribution in [2.45, 2.75) is 11.3 Å². The maximum atomic E-state index is 12.2. The molecule has 108 valence electrons. The molecule has 20 heavy (non-hydrogen) atoms. The van der Waals surface area contributed by atoms with Crippen LogP contribution in [-0.2, 0) is 16.4 Å². The summed E-state index contributed by atoms with van der Waals surface area (Å²) in [6.45, 7) is 3.01. The van der Waals surface area contributed by atoms with E-state index in [0.29, 0.717) is 13.1 Å². The molecule has 2 rings (SSSR count). The molecular formula is C13H18N4O2S. The van der Waals surface area contributed by atoms with Crippen LogP contribution in [0.3, 0.4) is 0 Å². The number of rotatable bonds is 4. The highest BCUT2D eigenvalue weighted by Gasteiger charge is 2.21. The van der Waals surface area contributed by atoms with Gasteiger partial charge in [-0.2, -0.15) is 5.26 Å². The predicted molar refractivity (Wildman–Crippen MR) is 75.2 cm³/mol. The topological polar surface area (TPSA) is 76.4 Å². The molecule has 0 aliphatic carbocycles. The number of nitrogens with zero attached hydrogens (tertiary/aromatic N) is 3. The van der Waals surface area contributed by atoms with Gasteiger partial charge in [-0.05, 0) is 24.7 Å². The average Bonchev–Trinajstić information content (AvgIpc) is 2.42. The van der Waals surface area contributed by atoms with Crippen molar-refractivity contribution in [3.05, 3.63) is 29.8 Å². The van der Waals surface area contributed by atoms with Crippen molar-refractivity contribution in [3.8, 4) is 6.07 Å². The SMILES string of the molecule is CN1CCN(NS(=O)(=O)c2ccc(CC#N)cc2)CC1. The van der Waals surface area contributed by atoms with E-state index >= 15 is 0 Å². The summed E-state index contributed by atoms with van der Waals surface area (Å²) in [5.74, 6) is 0. The average molecular weight is 294 g/mol. The lowest BCUT2D eigenvalue weighted by Gasteiger charge is -2.32. The Morgan fingerprint density at radius 2 is 1.80 bits per heavy atom. The van der Waals surface area contributed by atoms with Gasteiger partial charge in [0, 0.05) is 26.2 Å². The molecule has 0 saturated carbocycles. The fourth-order valence-corrected chi connectivity index (χ4v) is 3.12. The van der Waals surface area contributed by atoms with Crippen LogP contribution < -0.4 is 4.83 Å². The molecule has 0 radical (unpaired) electrons. The summed E-state index contributed by atoms with van der Waals surface area (Å²) in [5, 5.41) is 10.3. The summed E-state index contributed by atoms with van der Waals surface area (Å²) in [5.41, 5.74) is 0.811. The van der Waals surface area contributed by atoms with Gasteiger partial charge in [0.05, 0.1) is 17.4 Å². The summed E-state index contributed by atoms with van der Waals surface area (Å²) in [6.07, 6.45) is 0.284. The minimum Gasteiger partial charge on any atom is -0.304 e. The zero-order chi connectivity index (χ0) is 14.6. The Labute approximate surface area is 119 Å². The fraction of sp³-hybridized carbons (Fsp3) is 0.462. The van der Waals surface area contributed by atoms with Crippen LogP contribution in [0, 0.1) is 11.3 Å². The highest BCUT2D eigenvalue weighted by Crippen LogP contribution is 2.11. The van der Waals surface area contributed by atoms with Gasteiger partial charge in [0.2, 0.25) is 0 Å². The second kappa shape index (κ2) is 6.33. The zero-order valence-corrected chi connectivity index (χ0v) is 12.2. The Morgan fingerprint density at radius 1 is 1.20 bits per heavy atom. The summed E-state index contributed by atoms with van der Waals surface area (Å²) in [7, 11) is -1.52. The van der Waals surface area contributed by atoms with Crippen molar-refractivity contribution in [1.29, 1.82) is 5.26 Å². The molecule has 0 aromatic heterocycles. The van der Waals surface area contributed by atoms with Gasteiger partial charge in [0.1, 0.15) is 0 Å². The molecule has 7 heteroatoms. The van der Waals surface area contributed by atoms with Gasteiger partial charge >= 0.3 is 0 Å². The van der Waals surface area contributed by atoms with E-state index in [-0.39, 0.29) is 11.3 Å². The van der Waals surface area contributed by atoms with Crippen molar-refractivity contribution in [1.82, 2.24) is 14.7 Å². The second-order valence-corrected chi connectivity index (χ2v) is 6.52. The number of hydrogen-bond donors (Lipinski definition) is 1. The molecule has 1 aromatic rings. The maximum absolute atomic E-state index is 12.2. The van der Waals surface area contributed by atoms with Gasteiger partial charge in [-0.1, -0.05) is 12.1 Å². The van der Waals surface area contributed by atoms with Crippen LogP contribution in [0.2, 0.25) is 0 Å². The molecule has 6 nitrogen and oxygen atoms in total. The first kappa shape index (κ1) is 14.9. The third-order valence-corrected chi connectivity index (χ3v) is 4.66. The van der Waals surface area contributed by atoms with Crippen molar-refractivity contribution in [2.75, 3.05) is 33.2 Å². The summed E-state index contributed by atoms with van der Waals surface area (Å²) in [4.78, 5) is 4.97. The fourth-order valence-electron chi connectivity index (χ4n) is 2.00. The Kier molecular flexibility index (Phi) is 4.73. The molecule has 1 fully saturated rings. The largest absolute Gasteiger partial charge is 0.304 e. The van der Waals surface area contributed by atoms with E-state index in [1.807, 2.05) is 13.1 Å². The Bertz CT molecular complexity index is 584. The zero-order valence-electron chi connectivity index (χ0n) is 11.4. The van der Waals surface area contributed by atoms with E-state index in [1.165, 1.54) is 12.1 Å².